The topological polar surface area (TPSA) is 71.2 Å². The average Bonchev–Trinajstić information content (AvgIpc) is 3.22. The number of aryl methyl sites for hydroxylation is 2. The second kappa shape index (κ2) is 7.74. The number of hydrogen-bond acceptors (Lipinski definition) is 7. The van der Waals surface area contributed by atoms with Crippen LogP contribution in [0.2, 0.25) is 0 Å². The summed E-state index contributed by atoms with van der Waals surface area (Å²) in [5.41, 5.74) is 4.97. The lowest BCUT2D eigenvalue weighted by Crippen LogP contribution is -2.47. The molecular formula is C23H24N6O. The maximum Gasteiger partial charge on any atom is 0.298 e. The van der Waals surface area contributed by atoms with Crippen LogP contribution in [0.25, 0.3) is 22.5 Å². The van der Waals surface area contributed by atoms with E-state index in [1.807, 2.05) is 18.2 Å². The average molecular weight is 400 g/mol. The Morgan fingerprint density at radius 3 is 2.43 bits per heavy atom. The van der Waals surface area contributed by atoms with E-state index in [0.717, 1.165) is 66.6 Å². The minimum absolute atomic E-state index is 0.699. The fourth-order valence-electron chi connectivity index (χ4n) is 3.74. The Morgan fingerprint density at radius 2 is 1.67 bits per heavy atom. The summed E-state index contributed by atoms with van der Waals surface area (Å²) in [4.78, 5) is 22.9. The van der Waals surface area contributed by atoms with Crippen molar-refractivity contribution in [1.82, 2.24) is 19.9 Å². The minimum Gasteiger partial charge on any atom is -0.423 e. The first-order valence-corrected chi connectivity index (χ1v) is 10.3. The van der Waals surface area contributed by atoms with Crippen LogP contribution < -0.4 is 9.80 Å². The van der Waals surface area contributed by atoms with E-state index in [4.69, 9.17) is 14.4 Å². The summed E-state index contributed by atoms with van der Waals surface area (Å²) in [6, 6.07) is 12.8. The molecule has 0 spiro atoms. The molecule has 0 amide bonds. The molecule has 7 nitrogen and oxygen atoms in total. The largest absolute Gasteiger partial charge is 0.423 e. The molecule has 5 rings (SSSR count). The van der Waals surface area contributed by atoms with Gasteiger partial charge < -0.3 is 14.2 Å². The first-order chi connectivity index (χ1) is 14.7. The molecule has 4 heterocycles. The molecular weight excluding hydrogens is 376 g/mol. The van der Waals surface area contributed by atoms with E-state index in [-0.39, 0.29) is 0 Å². The Kier molecular flexibility index (Phi) is 4.78. The molecule has 1 aliphatic heterocycles. The number of oxazole rings is 1. The third kappa shape index (κ3) is 3.58. The Bertz CT molecular complexity index is 1170. The standard InChI is InChI=1S/C23H24N6O/c1-3-18-15-21(27-22(25-18)17-6-8-24-9-7-17)28-10-12-29(13-11-28)23-26-19-14-16(2)4-5-20(19)30-23/h4-9,14-15H,3,10-13H2,1-2H3. The van der Waals surface area contributed by atoms with Gasteiger partial charge >= 0.3 is 0 Å². The van der Waals surface area contributed by atoms with Crippen LogP contribution in [0.1, 0.15) is 18.2 Å². The van der Waals surface area contributed by atoms with Crippen LogP contribution in [-0.2, 0) is 6.42 Å². The number of benzene rings is 1. The second-order valence-electron chi connectivity index (χ2n) is 7.57. The number of piperazine rings is 1. The van der Waals surface area contributed by atoms with E-state index in [0.29, 0.717) is 6.01 Å². The molecule has 7 heteroatoms. The number of pyridine rings is 1. The van der Waals surface area contributed by atoms with Gasteiger partial charge in [-0.15, -0.1) is 0 Å². The van der Waals surface area contributed by atoms with E-state index in [1.165, 1.54) is 5.56 Å². The van der Waals surface area contributed by atoms with Gasteiger partial charge in [-0.05, 0) is 43.2 Å². The molecule has 0 saturated carbocycles. The predicted molar refractivity (Wildman–Crippen MR) is 118 cm³/mol. The van der Waals surface area contributed by atoms with E-state index in [2.05, 4.69) is 51.8 Å². The molecule has 0 radical (unpaired) electrons. The zero-order chi connectivity index (χ0) is 20.5. The maximum atomic E-state index is 5.98. The fourth-order valence-corrected chi connectivity index (χ4v) is 3.74. The van der Waals surface area contributed by atoms with Crippen molar-refractivity contribution in [2.24, 2.45) is 0 Å². The summed E-state index contributed by atoms with van der Waals surface area (Å²) in [7, 11) is 0. The van der Waals surface area contributed by atoms with Crippen LogP contribution in [-0.4, -0.2) is 46.1 Å². The fraction of sp³-hybridized carbons (Fsp3) is 0.304. The lowest BCUT2D eigenvalue weighted by Gasteiger charge is -2.34. The highest BCUT2D eigenvalue weighted by Gasteiger charge is 2.23. The number of anilines is 2. The highest BCUT2D eigenvalue weighted by molar-refractivity contribution is 5.75. The van der Waals surface area contributed by atoms with E-state index < -0.39 is 0 Å². The monoisotopic (exact) mass is 400 g/mol. The molecule has 1 saturated heterocycles. The van der Waals surface area contributed by atoms with Gasteiger partial charge in [-0.2, -0.15) is 4.98 Å². The summed E-state index contributed by atoms with van der Waals surface area (Å²) in [5, 5.41) is 0. The first-order valence-electron chi connectivity index (χ1n) is 10.3. The van der Waals surface area contributed by atoms with Crippen LogP contribution in [0.4, 0.5) is 11.8 Å². The number of fused-ring (bicyclic) bond motifs is 1. The third-order valence-corrected chi connectivity index (χ3v) is 5.47. The van der Waals surface area contributed by atoms with Gasteiger partial charge in [0.25, 0.3) is 6.01 Å². The molecule has 1 aliphatic rings. The Morgan fingerprint density at radius 1 is 0.900 bits per heavy atom. The van der Waals surface area contributed by atoms with Crippen molar-refractivity contribution in [3.63, 3.8) is 0 Å². The Hall–Kier alpha value is -3.48. The molecule has 0 atom stereocenters. The van der Waals surface area contributed by atoms with Crippen molar-refractivity contribution in [3.8, 4) is 11.4 Å². The van der Waals surface area contributed by atoms with Crippen molar-refractivity contribution >= 4 is 22.9 Å². The lowest BCUT2D eigenvalue weighted by atomic mass is 10.2. The second-order valence-corrected chi connectivity index (χ2v) is 7.57. The molecule has 1 aromatic carbocycles. The van der Waals surface area contributed by atoms with Crippen LogP contribution in [0.15, 0.2) is 53.2 Å². The Labute approximate surface area is 175 Å². The van der Waals surface area contributed by atoms with Crippen molar-refractivity contribution in [1.29, 1.82) is 0 Å². The molecule has 3 aromatic heterocycles. The zero-order valence-electron chi connectivity index (χ0n) is 17.2. The summed E-state index contributed by atoms with van der Waals surface area (Å²) in [5.74, 6) is 1.73. The van der Waals surface area contributed by atoms with Gasteiger partial charge in [-0.1, -0.05) is 13.0 Å². The van der Waals surface area contributed by atoms with Gasteiger partial charge in [0.05, 0.1) is 0 Å². The van der Waals surface area contributed by atoms with Crippen molar-refractivity contribution in [2.45, 2.75) is 20.3 Å². The molecule has 1 fully saturated rings. The first kappa shape index (κ1) is 18.5. The third-order valence-electron chi connectivity index (χ3n) is 5.47. The zero-order valence-corrected chi connectivity index (χ0v) is 17.2. The highest BCUT2D eigenvalue weighted by atomic mass is 16.4. The molecule has 30 heavy (non-hydrogen) atoms. The minimum atomic E-state index is 0.699. The summed E-state index contributed by atoms with van der Waals surface area (Å²) >= 11 is 0. The molecule has 152 valence electrons. The number of rotatable bonds is 4. The molecule has 0 aliphatic carbocycles. The smallest absolute Gasteiger partial charge is 0.298 e. The van der Waals surface area contributed by atoms with Crippen molar-refractivity contribution in [3.05, 3.63) is 60.0 Å². The van der Waals surface area contributed by atoms with E-state index in [1.54, 1.807) is 12.4 Å². The molecule has 4 aromatic rings. The molecule has 0 N–H and O–H groups in total. The van der Waals surface area contributed by atoms with Gasteiger partial charge in [0.1, 0.15) is 11.3 Å². The van der Waals surface area contributed by atoms with Crippen molar-refractivity contribution in [2.75, 3.05) is 36.0 Å². The normalized spacial score (nSPS) is 14.5. The van der Waals surface area contributed by atoms with Crippen LogP contribution in [0.5, 0.6) is 0 Å². The summed E-state index contributed by atoms with van der Waals surface area (Å²) < 4.78 is 5.98. The maximum absolute atomic E-state index is 5.98. The van der Waals surface area contributed by atoms with Crippen LogP contribution >= 0.6 is 0 Å². The van der Waals surface area contributed by atoms with Gasteiger partial charge in [0.15, 0.2) is 11.4 Å². The highest BCUT2D eigenvalue weighted by Crippen LogP contribution is 2.26. The number of aromatic nitrogens is 4. The predicted octanol–water partition coefficient (Wildman–Crippen LogP) is 3.88. The van der Waals surface area contributed by atoms with Gasteiger partial charge in [-0.25, -0.2) is 9.97 Å². The van der Waals surface area contributed by atoms with E-state index >= 15 is 0 Å². The van der Waals surface area contributed by atoms with Gasteiger partial charge in [-0.3, -0.25) is 4.98 Å². The van der Waals surface area contributed by atoms with E-state index in [9.17, 15) is 0 Å². The molecule has 0 unspecified atom stereocenters. The Balaban J connectivity index is 1.36. The van der Waals surface area contributed by atoms with Crippen LogP contribution in [0, 0.1) is 6.92 Å². The van der Waals surface area contributed by atoms with Crippen molar-refractivity contribution < 1.29 is 4.42 Å². The quantitative estimate of drug-likeness (QED) is 0.515. The number of hydrogen-bond donors (Lipinski definition) is 0. The van der Waals surface area contributed by atoms with Gasteiger partial charge in [0.2, 0.25) is 0 Å². The SMILES string of the molecule is CCc1cc(N2CCN(c3nc4cc(C)ccc4o3)CC2)nc(-c2ccncc2)n1. The number of nitrogens with zero attached hydrogens (tertiary/aromatic N) is 6. The van der Waals surface area contributed by atoms with Gasteiger partial charge in [0, 0.05) is 55.9 Å². The van der Waals surface area contributed by atoms with Crippen LogP contribution in [0.3, 0.4) is 0 Å². The lowest BCUT2D eigenvalue weighted by molar-refractivity contribution is 0.540. The summed E-state index contributed by atoms with van der Waals surface area (Å²) in [6.45, 7) is 7.57. The molecule has 0 bridgehead atoms. The summed E-state index contributed by atoms with van der Waals surface area (Å²) in [6.07, 6.45) is 4.42.